The first kappa shape index (κ1) is 16.6. The monoisotopic (exact) mass is 319 g/mol. The van der Waals surface area contributed by atoms with E-state index in [0.29, 0.717) is 0 Å². The summed E-state index contributed by atoms with van der Waals surface area (Å²) in [6.07, 6.45) is -0.504. The molecule has 110 valence electrons. The lowest BCUT2D eigenvalue weighted by molar-refractivity contribution is -0.136. The maximum atomic E-state index is 12.0. The van der Waals surface area contributed by atoms with Crippen molar-refractivity contribution < 1.29 is 23.1 Å². The summed E-state index contributed by atoms with van der Waals surface area (Å²) < 4.78 is 25.0. The van der Waals surface area contributed by atoms with Crippen molar-refractivity contribution in [1.82, 2.24) is 4.31 Å². The first-order valence-electron chi connectivity index (χ1n) is 5.63. The van der Waals surface area contributed by atoms with Crippen molar-refractivity contribution in [1.29, 1.82) is 0 Å². The Morgan fingerprint density at radius 2 is 1.85 bits per heavy atom. The molecule has 0 aliphatic carbocycles. The summed E-state index contributed by atoms with van der Waals surface area (Å²) in [5, 5.41) is 8.54. The number of carboxylic acid groups (broad SMARTS) is 1. The topological polar surface area (TPSA) is 91.8 Å². The van der Waals surface area contributed by atoms with E-state index in [1.54, 1.807) is 0 Å². The van der Waals surface area contributed by atoms with Crippen LogP contribution in [0.4, 0.5) is 0 Å². The quantitative estimate of drug-likeness (QED) is 0.805. The molecule has 6 nitrogen and oxygen atoms in total. The number of halogens is 1. The maximum Gasteiger partial charge on any atom is 0.303 e. The molecule has 0 amide bonds. The zero-order valence-electron chi connectivity index (χ0n) is 11.0. The second-order valence-electron chi connectivity index (χ2n) is 4.25. The van der Waals surface area contributed by atoms with Gasteiger partial charge in [-0.15, -0.1) is 0 Å². The molecule has 1 rings (SSSR count). The van der Waals surface area contributed by atoms with E-state index in [9.17, 15) is 18.0 Å². The number of rotatable bonds is 6. The van der Waals surface area contributed by atoms with Crippen LogP contribution in [0.1, 0.15) is 23.2 Å². The molecule has 1 aromatic rings. The van der Waals surface area contributed by atoms with Crippen molar-refractivity contribution in [3.63, 3.8) is 0 Å². The number of carboxylic acids is 1. The van der Waals surface area contributed by atoms with Crippen LogP contribution in [0.5, 0.6) is 0 Å². The maximum absolute atomic E-state index is 12.0. The highest BCUT2D eigenvalue weighted by molar-refractivity contribution is 7.89. The third-order valence-corrected chi connectivity index (χ3v) is 4.87. The Morgan fingerprint density at radius 3 is 2.35 bits per heavy atom. The molecule has 20 heavy (non-hydrogen) atoms. The van der Waals surface area contributed by atoms with Crippen LogP contribution in [0.25, 0.3) is 0 Å². The lowest BCUT2D eigenvalue weighted by Crippen LogP contribution is -2.23. The molecule has 0 fully saturated rings. The molecule has 8 heteroatoms. The molecule has 0 atom stereocenters. The molecule has 0 unspecified atom stereocenters. The molecule has 1 N–H and O–H groups in total. The van der Waals surface area contributed by atoms with E-state index < -0.39 is 21.8 Å². The van der Waals surface area contributed by atoms with Gasteiger partial charge in [-0.25, -0.2) is 12.7 Å². The molecule has 0 saturated carbocycles. The molecule has 0 spiro atoms. The smallest absolute Gasteiger partial charge is 0.303 e. The standard InChI is InChI=1S/C12H14ClNO5S/c1-14(2)20(18,19)11-7-8(3-4-9(11)13)10(15)5-6-12(16)17/h3-4,7H,5-6H2,1-2H3,(H,16,17). The van der Waals surface area contributed by atoms with Gasteiger partial charge in [0.1, 0.15) is 4.90 Å². The predicted octanol–water partition coefficient (Wildman–Crippen LogP) is 1.64. The fraction of sp³-hybridized carbons (Fsp3) is 0.333. The van der Waals surface area contributed by atoms with Gasteiger partial charge in [-0.2, -0.15) is 0 Å². The summed E-state index contributed by atoms with van der Waals surface area (Å²) in [5.74, 6) is -1.53. The number of carbonyl (C=O) groups is 2. The number of hydrogen-bond acceptors (Lipinski definition) is 4. The minimum absolute atomic E-state index is 0.00786. The Morgan fingerprint density at radius 1 is 1.25 bits per heavy atom. The largest absolute Gasteiger partial charge is 0.481 e. The van der Waals surface area contributed by atoms with Crippen molar-refractivity contribution in [3.8, 4) is 0 Å². The Kier molecular flexibility index (Phi) is 5.27. The van der Waals surface area contributed by atoms with Crippen LogP contribution in [-0.2, 0) is 14.8 Å². The van der Waals surface area contributed by atoms with Crippen molar-refractivity contribution >= 4 is 33.4 Å². The molecular formula is C12H14ClNO5S. The Bertz CT molecular complexity index is 639. The number of ketones is 1. The van der Waals surface area contributed by atoms with E-state index in [0.717, 1.165) is 4.31 Å². The molecule has 0 saturated heterocycles. The van der Waals surface area contributed by atoms with E-state index in [-0.39, 0.29) is 28.3 Å². The molecule has 0 heterocycles. The number of aliphatic carboxylic acids is 1. The zero-order chi connectivity index (χ0) is 15.5. The van der Waals surface area contributed by atoms with E-state index in [1.807, 2.05) is 0 Å². The van der Waals surface area contributed by atoms with Crippen molar-refractivity contribution in [3.05, 3.63) is 28.8 Å². The molecule has 0 aliphatic heterocycles. The van der Waals surface area contributed by atoms with E-state index in [4.69, 9.17) is 16.7 Å². The van der Waals surface area contributed by atoms with Gasteiger partial charge in [-0.05, 0) is 18.2 Å². The van der Waals surface area contributed by atoms with E-state index in [1.165, 1.54) is 32.3 Å². The van der Waals surface area contributed by atoms with Crippen LogP contribution >= 0.6 is 11.6 Å². The highest BCUT2D eigenvalue weighted by Crippen LogP contribution is 2.25. The van der Waals surface area contributed by atoms with E-state index in [2.05, 4.69) is 0 Å². The van der Waals surface area contributed by atoms with Crippen LogP contribution in [0.15, 0.2) is 23.1 Å². The summed E-state index contributed by atoms with van der Waals surface area (Å²) in [6.45, 7) is 0. The van der Waals surface area contributed by atoms with Crippen LogP contribution in [0, 0.1) is 0 Å². The van der Waals surface area contributed by atoms with Crippen LogP contribution in [0.3, 0.4) is 0 Å². The van der Waals surface area contributed by atoms with Gasteiger partial charge < -0.3 is 5.11 Å². The Balaban J connectivity index is 3.16. The highest BCUT2D eigenvalue weighted by Gasteiger charge is 2.22. The van der Waals surface area contributed by atoms with Gasteiger partial charge in [0.2, 0.25) is 10.0 Å². The van der Waals surface area contributed by atoms with Gasteiger partial charge in [0.25, 0.3) is 0 Å². The van der Waals surface area contributed by atoms with Crippen LogP contribution < -0.4 is 0 Å². The second kappa shape index (κ2) is 6.34. The minimum Gasteiger partial charge on any atom is -0.481 e. The van der Waals surface area contributed by atoms with E-state index >= 15 is 0 Å². The molecule has 0 aliphatic rings. The van der Waals surface area contributed by atoms with Crippen LogP contribution in [0.2, 0.25) is 5.02 Å². The number of sulfonamides is 1. The van der Waals surface area contributed by atoms with Crippen molar-refractivity contribution in [2.24, 2.45) is 0 Å². The van der Waals surface area contributed by atoms with Gasteiger partial charge >= 0.3 is 5.97 Å². The fourth-order valence-electron chi connectivity index (χ4n) is 1.44. The summed E-state index contributed by atoms with van der Waals surface area (Å²) in [6, 6.07) is 3.86. The van der Waals surface area contributed by atoms with Crippen molar-refractivity contribution in [2.75, 3.05) is 14.1 Å². The average Bonchev–Trinajstić information content (AvgIpc) is 2.35. The third kappa shape index (κ3) is 3.78. The molecule has 1 aromatic carbocycles. The van der Waals surface area contributed by atoms with Crippen LogP contribution in [-0.4, -0.2) is 43.7 Å². The number of benzene rings is 1. The summed E-state index contributed by atoms with van der Waals surface area (Å²) in [7, 11) is -1.06. The number of hydrogen-bond donors (Lipinski definition) is 1. The van der Waals surface area contributed by atoms with Gasteiger partial charge in [-0.1, -0.05) is 11.6 Å². The van der Waals surface area contributed by atoms with Gasteiger partial charge in [0.05, 0.1) is 11.4 Å². The average molecular weight is 320 g/mol. The second-order valence-corrected chi connectivity index (χ2v) is 6.78. The molecular weight excluding hydrogens is 306 g/mol. The minimum atomic E-state index is -3.76. The third-order valence-electron chi connectivity index (χ3n) is 2.58. The predicted molar refractivity (Wildman–Crippen MR) is 73.5 cm³/mol. The van der Waals surface area contributed by atoms with Gasteiger partial charge in [0, 0.05) is 26.1 Å². The summed E-state index contributed by atoms with van der Waals surface area (Å²) in [4.78, 5) is 22.0. The highest BCUT2D eigenvalue weighted by atomic mass is 35.5. The first-order valence-corrected chi connectivity index (χ1v) is 7.45. The number of carbonyl (C=O) groups excluding carboxylic acids is 1. The van der Waals surface area contributed by atoms with Gasteiger partial charge in [-0.3, -0.25) is 9.59 Å². The number of Topliss-reactive ketones (excluding diaryl/α,β-unsaturated/α-hetero) is 1. The SMILES string of the molecule is CN(C)S(=O)(=O)c1cc(C(=O)CCC(=O)O)ccc1Cl. The Hall–Kier alpha value is -1.44. The Labute approximate surface area is 122 Å². The molecule has 0 bridgehead atoms. The lowest BCUT2D eigenvalue weighted by Gasteiger charge is -2.13. The molecule has 0 aromatic heterocycles. The lowest BCUT2D eigenvalue weighted by atomic mass is 10.1. The first-order chi connectivity index (χ1) is 9.16. The summed E-state index contributed by atoms with van der Waals surface area (Å²) in [5.41, 5.74) is 0.121. The normalized spacial score (nSPS) is 11.6. The molecule has 0 radical (unpaired) electrons. The van der Waals surface area contributed by atoms with Gasteiger partial charge in [0.15, 0.2) is 5.78 Å². The number of nitrogens with zero attached hydrogens (tertiary/aromatic N) is 1. The summed E-state index contributed by atoms with van der Waals surface area (Å²) >= 11 is 5.85. The van der Waals surface area contributed by atoms with Crippen molar-refractivity contribution in [2.45, 2.75) is 17.7 Å². The zero-order valence-corrected chi connectivity index (χ0v) is 12.5. The fourth-order valence-corrected chi connectivity index (χ4v) is 2.83.